The monoisotopic (exact) mass is 331 g/mol. The summed E-state index contributed by atoms with van der Waals surface area (Å²) in [6.45, 7) is 5.34. The fraction of sp³-hybridized carbons (Fsp3) is 0.632. The molecule has 0 spiro atoms. The van der Waals surface area contributed by atoms with Crippen molar-refractivity contribution in [3.05, 3.63) is 24.0 Å². The first kappa shape index (κ1) is 17.2. The second kappa shape index (κ2) is 8.49. The van der Waals surface area contributed by atoms with E-state index < -0.39 is 0 Å². The molecule has 0 aliphatic heterocycles. The van der Waals surface area contributed by atoms with Gasteiger partial charge in [-0.15, -0.1) is 0 Å². The zero-order chi connectivity index (χ0) is 16.8. The number of para-hydroxylation sites is 1. The summed E-state index contributed by atoms with van der Waals surface area (Å²) in [5, 5.41) is 9.13. The van der Waals surface area contributed by atoms with Gasteiger partial charge in [0, 0.05) is 6.54 Å². The van der Waals surface area contributed by atoms with Gasteiger partial charge >= 0.3 is 0 Å². The van der Waals surface area contributed by atoms with Crippen molar-refractivity contribution in [2.45, 2.75) is 45.6 Å². The van der Waals surface area contributed by atoms with Crippen LogP contribution in [0.3, 0.4) is 0 Å². The molecule has 2 aromatic rings. The molecular formula is C19H29N3O2. The molecule has 1 aromatic heterocycles. The average molecular weight is 331 g/mol. The van der Waals surface area contributed by atoms with E-state index in [-0.39, 0.29) is 6.61 Å². The van der Waals surface area contributed by atoms with E-state index in [2.05, 4.69) is 16.8 Å². The van der Waals surface area contributed by atoms with Crippen LogP contribution >= 0.6 is 0 Å². The maximum Gasteiger partial charge on any atom is 0.147 e. The maximum absolute atomic E-state index is 9.13. The number of nitrogens with one attached hydrogen (secondary N) is 1. The van der Waals surface area contributed by atoms with Crippen molar-refractivity contribution < 1.29 is 9.84 Å². The van der Waals surface area contributed by atoms with E-state index in [0.717, 1.165) is 35.8 Å². The molecule has 1 saturated carbocycles. The summed E-state index contributed by atoms with van der Waals surface area (Å²) in [6, 6.07) is 6.08. The normalized spacial score (nSPS) is 16.1. The van der Waals surface area contributed by atoms with Crippen LogP contribution in [0.25, 0.3) is 11.0 Å². The summed E-state index contributed by atoms with van der Waals surface area (Å²) in [5.41, 5.74) is 1.94. The Balaban J connectivity index is 1.69. The molecule has 2 N–H and O–H groups in total. The first-order chi connectivity index (χ1) is 11.8. The number of hydrogen-bond acceptors (Lipinski definition) is 4. The van der Waals surface area contributed by atoms with E-state index in [1.807, 2.05) is 18.2 Å². The Kier molecular flexibility index (Phi) is 6.10. The van der Waals surface area contributed by atoms with Crippen LogP contribution in [-0.2, 0) is 6.54 Å². The molecule has 0 saturated heterocycles. The van der Waals surface area contributed by atoms with E-state index in [4.69, 9.17) is 14.8 Å². The number of rotatable bonds is 8. The van der Waals surface area contributed by atoms with Crippen LogP contribution in [0.4, 0.5) is 0 Å². The van der Waals surface area contributed by atoms with Crippen LogP contribution in [0.5, 0.6) is 5.75 Å². The minimum Gasteiger partial charge on any atom is -0.491 e. The first-order valence-corrected chi connectivity index (χ1v) is 9.23. The Morgan fingerprint density at radius 2 is 2.12 bits per heavy atom. The van der Waals surface area contributed by atoms with E-state index in [1.54, 1.807) is 0 Å². The molecule has 1 fully saturated rings. The number of aromatic amines is 1. The van der Waals surface area contributed by atoms with E-state index in [1.165, 1.54) is 32.1 Å². The summed E-state index contributed by atoms with van der Waals surface area (Å²) in [5.74, 6) is 2.49. The smallest absolute Gasteiger partial charge is 0.147 e. The number of benzene rings is 1. The second-order valence-electron chi connectivity index (χ2n) is 6.74. The van der Waals surface area contributed by atoms with Gasteiger partial charge in [0.25, 0.3) is 0 Å². The first-order valence-electron chi connectivity index (χ1n) is 9.23. The highest BCUT2D eigenvalue weighted by atomic mass is 16.5. The van der Waals surface area contributed by atoms with Crippen LogP contribution in [-0.4, -0.2) is 46.3 Å². The van der Waals surface area contributed by atoms with Crippen molar-refractivity contribution in [2.75, 3.05) is 26.3 Å². The lowest BCUT2D eigenvalue weighted by atomic mass is 9.90. The highest BCUT2D eigenvalue weighted by molar-refractivity contribution is 5.81. The molecule has 3 rings (SSSR count). The van der Waals surface area contributed by atoms with Gasteiger partial charge in [0.2, 0.25) is 0 Å². The van der Waals surface area contributed by atoms with Gasteiger partial charge in [-0.1, -0.05) is 32.3 Å². The van der Waals surface area contributed by atoms with E-state index in [0.29, 0.717) is 19.0 Å². The second-order valence-corrected chi connectivity index (χ2v) is 6.74. The molecule has 0 bridgehead atoms. The largest absolute Gasteiger partial charge is 0.491 e. The molecule has 1 aromatic carbocycles. The van der Waals surface area contributed by atoms with Crippen LogP contribution in [0.2, 0.25) is 0 Å². The predicted molar refractivity (Wildman–Crippen MR) is 96.2 cm³/mol. The van der Waals surface area contributed by atoms with E-state index in [9.17, 15) is 0 Å². The third kappa shape index (κ3) is 4.28. The number of imidazole rings is 1. The van der Waals surface area contributed by atoms with Gasteiger partial charge < -0.3 is 14.8 Å². The summed E-state index contributed by atoms with van der Waals surface area (Å²) in [7, 11) is 0. The zero-order valence-electron chi connectivity index (χ0n) is 14.6. The minimum absolute atomic E-state index is 0.170. The molecule has 1 aliphatic rings. The summed E-state index contributed by atoms with van der Waals surface area (Å²) >= 11 is 0. The van der Waals surface area contributed by atoms with Crippen LogP contribution in [0, 0.1) is 5.92 Å². The highest BCUT2D eigenvalue weighted by Gasteiger charge is 2.16. The number of nitrogens with zero attached hydrogens (tertiary/aromatic N) is 2. The minimum atomic E-state index is 0.170. The van der Waals surface area contributed by atoms with Crippen molar-refractivity contribution in [1.29, 1.82) is 0 Å². The van der Waals surface area contributed by atoms with Gasteiger partial charge in [-0.05, 0) is 37.4 Å². The molecule has 5 nitrogen and oxygen atoms in total. The average Bonchev–Trinajstić information content (AvgIpc) is 3.03. The van der Waals surface area contributed by atoms with Crippen molar-refractivity contribution >= 4 is 11.0 Å². The Labute approximate surface area is 144 Å². The third-order valence-corrected chi connectivity index (χ3v) is 4.96. The van der Waals surface area contributed by atoms with Crippen LogP contribution in [0.1, 0.15) is 44.9 Å². The summed E-state index contributed by atoms with van der Waals surface area (Å²) in [6.07, 6.45) is 6.62. The number of aliphatic hydroxyl groups excluding tert-OH is 1. The van der Waals surface area contributed by atoms with Crippen LogP contribution in [0.15, 0.2) is 18.2 Å². The van der Waals surface area contributed by atoms with Gasteiger partial charge in [-0.3, -0.25) is 4.90 Å². The molecule has 0 atom stereocenters. The number of H-pyrrole nitrogens is 1. The topological polar surface area (TPSA) is 61.4 Å². The Morgan fingerprint density at radius 1 is 1.29 bits per heavy atom. The van der Waals surface area contributed by atoms with Crippen molar-refractivity contribution in [2.24, 2.45) is 5.92 Å². The third-order valence-electron chi connectivity index (χ3n) is 4.96. The van der Waals surface area contributed by atoms with Gasteiger partial charge in [0.1, 0.15) is 17.1 Å². The van der Waals surface area contributed by atoms with Crippen molar-refractivity contribution in [1.82, 2.24) is 14.9 Å². The van der Waals surface area contributed by atoms with E-state index >= 15 is 0 Å². The summed E-state index contributed by atoms with van der Waals surface area (Å²) < 4.78 is 6.11. The number of ether oxygens (including phenoxy) is 1. The fourth-order valence-corrected chi connectivity index (χ4v) is 3.51. The number of hydrogen-bond donors (Lipinski definition) is 2. The number of likely N-dealkylation sites (N-methyl/N-ethyl adjacent to an activating group) is 1. The molecule has 5 heteroatoms. The van der Waals surface area contributed by atoms with Gasteiger partial charge in [-0.25, -0.2) is 4.98 Å². The molecule has 0 unspecified atom stereocenters. The quantitative estimate of drug-likeness (QED) is 0.779. The standard InChI is InChI=1S/C19H29N3O2/c1-2-22(11-12-23)13-18-20-16-9-6-10-17(19(16)21-18)24-14-15-7-4-3-5-8-15/h6,9-10,15,23H,2-5,7-8,11-14H2,1H3,(H,20,21). The predicted octanol–water partition coefficient (Wildman–Crippen LogP) is 3.34. The Bertz CT molecular complexity index is 635. The molecule has 1 heterocycles. The lowest BCUT2D eigenvalue weighted by Gasteiger charge is -2.21. The summed E-state index contributed by atoms with van der Waals surface area (Å²) in [4.78, 5) is 10.3. The highest BCUT2D eigenvalue weighted by Crippen LogP contribution is 2.28. The number of aliphatic hydroxyl groups is 1. The lowest BCUT2D eigenvalue weighted by Crippen LogP contribution is -2.26. The molecule has 0 amide bonds. The molecule has 24 heavy (non-hydrogen) atoms. The Hall–Kier alpha value is -1.59. The number of aromatic nitrogens is 2. The van der Waals surface area contributed by atoms with Crippen molar-refractivity contribution in [3.63, 3.8) is 0 Å². The van der Waals surface area contributed by atoms with Gasteiger partial charge in [0.15, 0.2) is 0 Å². The Morgan fingerprint density at radius 3 is 2.88 bits per heavy atom. The maximum atomic E-state index is 9.13. The zero-order valence-corrected chi connectivity index (χ0v) is 14.6. The lowest BCUT2D eigenvalue weighted by molar-refractivity contribution is 0.194. The van der Waals surface area contributed by atoms with Gasteiger partial charge in [-0.2, -0.15) is 0 Å². The van der Waals surface area contributed by atoms with Crippen LogP contribution < -0.4 is 4.74 Å². The van der Waals surface area contributed by atoms with Gasteiger partial charge in [0.05, 0.1) is 25.3 Å². The SMILES string of the molecule is CCN(CCO)Cc1nc2c(OCC3CCCCC3)cccc2[nH]1. The molecular weight excluding hydrogens is 302 g/mol. The molecule has 0 radical (unpaired) electrons. The van der Waals surface area contributed by atoms with Crippen molar-refractivity contribution in [3.8, 4) is 5.75 Å². The molecule has 132 valence electrons. The molecule has 1 aliphatic carbocycles. The number of fused-ring (bicyclic) bond motifs is 1. The fourth-order valence-electron chi connectivity index (χ4n) is 3.51.